The number of hydrogen-bond acceptors (Lipinski definition) is 4. The van der Waals surface area contributed by atoms with Crippen molar-refractivity contribution in [1.82, 2.24) is 5.16 Å². The van der Waals surface area contributed by atoms with Gasteiger partial charge in [-0.3, -0.25) is 4.79 Å². The Hall–Kier alpha value is -2.92. The van der Waals surface area contributed by atoms with Crippen LogP contribution in [0.15, 0.2) is 53.1 Å². The Morgan fingerprint density at radius 3 is 2.58 bits per heavy atom. The lowest BCUT2D eigenvalue weighted by atomic mass is 10.1. The molecule has 0 saturated carbocycles. The molecule has 1 amide bonds. The Labute approximate surface area is 139 Å². The number of aliphatic hydroxyl groups excluding tert-OH is 1. The molecule has 0 aliphatic rings. The van der Waals surface area contributed by atoms with Crippen molar-refractivity contribution in [2.45, 2.75) is 20.5 Å². The number of amides is 1. The normalized spacial score (nSPS) is 10.6. The van der Waals surface area contributed by atoms with Crippen LogP contribution >= 0.6 is 0 Å². The molecule has 24 heavy (non-hydrogen) atoms. The molecule has 1 aromatic heterocycles. The topological polar surface area (TPSA) is 75.4 Å². The Morgan fingerprint density at radius 2 is 1.88 bits per heavy atom. The molecule has 2 aromatic carbocycles. The van der Waals surface area contributed by atoms with Crippen LogP contribution in [0.1, 0.15) is 27.2 Å². The minimum absolute atomic E-state index is 0.0803. The van der Waals surface area contributed by atoms with Gasteiger partial charge in [0, 0.05) is 17.3 Å². The van der Waals surface area contributed by atoms with E-state index in [4.69, 9.17) is 4.52 Å². The molecule has 0 aliphatic heterocycles. The number of nitrogens with one attached hydrogen (secondary N) is 1. The fraction of sp³-hybridized carbons (Fsp3) is 0.158. The smallest absolute Gasteiger partial charge is 0.294 e. The zero-order valence-corrected chi connectivity index (χ0v) is 13.5. The third-order valence-corrected chi connectivity index (χ3v) is 3.81. The first kappa shape index (κ1) is 16.0. The fourth-order valence-electron chi connectivity index (χ4n) is 2.33. The number of nitrogens with zero attached hydrogens (tertiary/aromatic N) is 1. The molecule has 122 valence electrons. The second kappa shape index (κ2) is 6.68. The highest BCUT2D eigenvalue weighted by Gasteiger charge is 2.15. The van der Waals surface area contributed by atoms with Crippen LogP contribution in [-0.2, 0) is 6.61 Å². The quantitative estimate of drug-likeness (QED) is 0.768. The lowest BCUT2D eigenvalue weighted by molar-refractivity contribution is 0.0988. The summed E-state index contributed by atoms with van der Waals surface area (Å²) in [6.07, 6.45) is 0. The van der Waals surface area contributed by atoms with Crippen molar-refractivity contribution >= 4 is 11.6 Å². The van der Waals surface area contributed by atoms with Gasteiger partial charge in [0.1, 0.15) is 5.69 Å². The zero-order valence-electron chi connectivity index (χ0n) is 13.5. The molecule has 3 aromatic rings. The highest BCUT2D eigenvalue weighted by Crippen LogP contribution is 2.22. The van der Waals surface area contributed by atoms with E-state index < -0.39 is 0 Å². The van der Waals surface area contributed by atoms with Crippen LogP contribution in [0.2, 0.25) is 0 Å². The molecule has 0 fully saturated rings. The Kier molecular flexibility index (Phi) is 4.44. The van der Waals surface area contributed by atoms with Gasteiger partial charge in [-0.05, 0) is 31.0 Å². The van der Waals surface area contributed by atoms with Crippen LogP contribution in [0.3, 0.4) is 0 Å². The summed E-state index contributed by atoms with van der Waals surface area (Å²) < 4.78 is 5.17. The van der Waals surface area contributed by atoms with Crippen LogP contribution in [0.5, 0.6) is 0 Å². The maximum atomic E-state index is 12.4. The lowest BCUT2D eigenvalue weighted by Gasteiger charge is -2.08. The van der Waals surface area contributed by atoms with Crippen molar-refractivity contribution in [3.8, 4) is 11.3 Å². The highest BCUT2D eigenvalue weighted by molar-refractivity contribution is 6.03. The monoisotopic (exact) mass is 322 g/mol. The standard InChI is InChI=1S/C19H18N2O3/c1-12-3-7-15(8-4-12)17-10-18(24-21-17)19(23)20-16-9-14(11-22)6-5-13(16)2/h3-10,22H,11H2,1-2H3,(H,20,23). The van der Waals surface area contributed by atoms with E-state index in [9.17, 15) is 9.90 Å². The van der Waals surface area contributed by atoms with E-state index in [2.05, 4.69) is 10.5 Å². The van der Waals surface area contributed by atoms with Gasteiger partial charge >= 0.3 is 0 Å². The molecule has 3 rings (SSSR count). The van der Waals surface area contributed by atoms with E-state index >= 15 is 0 Å². The molecule has 0 bridgehead atoms. The number of hydrogen-bond donors (Lipinski definition) is 2. The second-order valence-electron chi connectivity index (χ2n) is 5.70. The SMILES string of the molecule is Cc1ccc(-c2cc(C(=O)Nc3cc(CO)ccc3C)on2)cc1. The van der Waals surface area contributed by atoms with Crippen molar-refractivity contribution in [3.05, 3.63) is 71.0 Å². The molecule has 5 nitrogen and oxygen atoms in total. The second-order valence-corrected chi connectivity index (χ2v) is 5.70. The Morgan fingerprint density at radius 1 is 1.12 bits per heavy atom. The summed E-state index contributed by atoms with van der Waals surface area (Å²) in [4.78, 5) is 12.4. The van der Waals surface area contributed by atoms with E-state index in [1.807, 2.05) is 50.2 Å². The minimum Gasteiger partial charge on any atom is -0.392 e. The van der Waals surface area contributed by atoms with Gasteiger partial charge in [-0.25, -0.2) is 0 Å². The van der Waals surface area contributed by atoms with Gasteiger partial charge in [0.15, 0.2) is 0 Å². The molecule has 2 N–H and O–H groups in total. The molecule has 0 unspecified atom stereocenters. The van der Waals surface area contributed by atoms with Crippen molar-refractivity contribution < 1.29 is 14.4 Å². The van der Waals surface area contributed by atoms with Crippen molar-refractivity contribution in [2.75, 3.05) is 5.32 Å². The van der Waals surface area contributed by atoms with Crippen LogP contribution < -0.4 is 5.32 Å². The molecular weight excluding hydrogens is 304 g/mol. The molecule has 1 heterocycles. The number of aryl methyl sites for hydroxylation is 2. The minimum atomic E-state index is -0.376. The lowest BCUT2D eigenvalue weighted by Crippen LogP contribution is -2.12. The molecular formula is C19H18N2O3. The van der Waals surface area contributed by atoms with Gasteiger partial charge in [-0.2, -0.15) is 0 Å². The van der Waals surface area contributed by atoms with E-state index in [1.54, 1.807) is 12.1 Å². The number of rotatable bonds is 4. The van der Waals surface area contributed by atoms with Gasteiger partial charge in [-0.15, -0.1) is 0 Å². The summed E-state index contributed by atoms with van der Waals surface area (Å²) in [7, 11) is 0. The first-order valence-corrected chi connectivity index (χ1v) is 7.62. The predicted molar refractivity (Wildman–Crippen MR) is 91.7 cm³/mol. The van der Waals surface area contributed by atoms with Gasteiger partial charge < -0.3 is 14.9 Å². The molecule has 0 spiro atoms. The van der Waals surface area contributed by atoms with E-state index in [-0.39, 0.29) is 18.3 Å². The van der Waals surface area contributed by atoms with E-state index in [0.717, 1.165) is 22.3 Å². The first-order valence-electron chi connectivity index (χ1n) is 7.62. The summed E-state index contributed by atoms with van der Waals surface area (Å²) in [5.74, 6) is -0.238. The number of aliphatic hydroxyl groups is 1. The maximum absolute atomic E-state index is 12.4. The number of anilines is 1. The first-order chi connectivity index (χ1) is 11.6. The zero-order chi connectivity index (χ0) is 17.1. The Bertz CT molecular complexity index is 867. The summed E-state index contributed by atoms with van der Waals surface area (Å²) in [5.41, 5.74) is 4.93. The number of carbonyl (C=O) groups excluding carboxylic acids is 1. The molecule has 5 heteroatoms. The van der Waals surface area contributed by atoms with Crippen LogP contribution in [-0.4, -0.2) is 16.2 Å². The number of carbonyl (C=O) groups is 1. The average Bonchev–Trinajstić information content (AvgIpc) is 3.07. The highest BCUT2D eigenvalue weighted by atomic mass is 16.5. The summed E-state index contributed by atoms with van der Waals surface area (Å²) in [6, 6.07) is 14.8. The predicted octanol–water partition coefficient (Wildman–Crippen LogP) is 3.70. The molecule has 0 aliphatic carbocycles. The third kappa shape index (κ3) is 3.36. The number of aromatic nitrogens is 1. The molecule has 0 atom stereocenters. The summed E-state index contributed by atoms with van der Waals surface area (Å²) >= 11 is 0. The fourth-order valence-corrected chi connectivity index (χ4v) is 2.33. The maximum Gasteiger partial charge on any atom is 0.294 e. The van der Waals surface area contributed by atoms with Crippen molar-refractivity contribution in [2.24, 2.45) is 0 Å². The van der Waals surface area contributed by atoms with Crippen LogP contribution in [0.25, 0.3) is 11.3 Å². The average molecular weight is 322 g/mol. The van der Waals surface area contributed by atoms with Gasteiger partial charge in [-0.1, -0.05) is 47.1 Å². The van der Waals surface area contributed by atoms with Crippen molar-refractivity contribution in [1.29, 1.82) is 0 Å². The Balaban J connectivity index is 1.80. The molecule has 0 saturated heterocycles. The van der Waals surface area contributed by atoms with Crippen molar-refractivity contribution in [3.63, 3.8) is 0 Å². The van der Waals surface area contributed by atoms with Gasteiger partial charge in [0.05, 0.1) is 6.61 Å². The van der Waals surface area contributed by atoms with Crippen LogP contribution in [0.4, 0.5) is 5.69 Å². The van der Waals surface area contributed by atoms with E-state index in [0.29, 0.717) is 11.4 Å². The summed E-state index contributed by atoms with van der Waals surface area (Å²) in [5, 5.41) is 16.0. The molecule has 0 radical (unpaired) electrons. The van der Waals surface area contributed by atoms with Gasteiger partial charge in [0.25, 0.3) is 5.91 Å². The third-order valence-electron chi connectivity index (χ3n) is 3.81. The number of benzene rings is 2. The largest absolute Gasteiger partial charge is 0.392 e. The van der Waals surface area contributed by atoms with Crippen LogP contribution in [0, 0.1) is 13.8 Å². The van der Waals surface area contributed by atoms with Gasteiger partial charge in [0.2, 0.25) is 5.76 Å². The summed E-state index contributed by atoms with van der Waals surface area (Å²) in [6.45, 7) is 3.81. The van der Waals surface area contributed by atoms with E-state index in [1.165, 1.54) is 0 Å².